The number of ether oxygens (including phenoxy) is 1. The Labute approximate surface area is 112 Å². The van der Waals surface area contributed by atoms with Gasteiger partial charge in [-0.15, -0.1) is 0 Å². The molecule has 0 spiro atoms. The predicted octanol–water partition coefficient (Wildman–Crippen LogP) is 3.20. The predicted molar refractivity (Wildman–Crippen MR) is 75.0 cm³/mol. The molecule has 2 aliphatic rings. The highest BCUT2D eigenvalue weighted by atomic mass is 16.5. The lowest BCUT2D eigenvalue weighted by molar-refractivity contribution is -0.0367. The van der Waals surface area contributed by atoms with Crippen LogP contribution in [0.4, 0.5) is 5.69 Å². The van der Waals surface area contributed by atoms with Gasteiger partial charge in [0.2, 0.25) is 0 Å². The quantitative estimate of drug-likeness (QED) is 0.840. The van der Waals surface area contributed by atoms with Gasteiger partial charge in [-0.25, -0.2) is 4.68 Å². The summed E-state index contributed by atoms with van der Waals surface area (Å²) in [7, 11) is 0. The van der Waals surface area contributed by atoms with Crippen molar-refractivity contribution < 1.29 is 4.74 Å². The molecule has 1 saturated carbocycles. The van der Waals surface area contributed by atoms with Crippen molar-refractivity contribution in [2.75, 3.05) is 12.3 Å². The molecule has 1 aromatic carbocycles. The van der Waals surface area contributed by atoms with Crippen molar-refractivity contribution in [1.82, 2.24) is 9.78 Å². The van der Waals surface area contributed by atoms with E-state index in [1.807, 2.05) is 12.3 Å². The highest BCUT2D eigenvalue weighted by Crippen LogP contribution is 2.44. The lowest BCUT2D eigenvalue weighted by atomic mass is 10.1. The number of rotatable bonds is 2. The summed E-state index contributed by atoms with van der Waals surface area (Å²) >= 11 is 0. The summed E-state index contributed by atoms with van der Waals surface area (Å²) in [5, 5.41) is 5.72. The standard InChI is InChI=1S/C15H19N3O/c16-12-7-11-9-17-18(14-3-1-2-6-19-14)15(11)13(8-12)10-4-5-10/h7-10,14H,1-6,16H2. The van der Waals surface area contributed by atoms with E-state index in [4.69, 9.17) is 10.5 Å². The van der Waals surface area contributed by atoms with E-state index in [2.05, 4.69) is 15.8 Å². The molecular weight excluding hydrogens is 238 g/mol. The zero-order valence-corrected chi connectivity index (χ0v) is 11.0. The van der Waals surface area contributed by atoms with Crippen LogP contribution < -0.4 is 5.73 Å². The first-order valence-corrected chi connectivity index (χ1v) is 7.21. The Morgan fingerprint density at radius 3 is 2.84 bits per heavy atom. The molecule has 0 bridgehead atoms. The zero-order chi connectivity index (χ0) is 12.8. The van der Waals surface area contributed by atoms with Crippen LogP contribution in [0.2, 0.25) is 0 Å². The molecule has 0 radical (unpaired) electrons. The molecule has 2 N–H and O–H groups in total. The van der Waals surface area contributed by atoms with E-state index in [0.29, 0.717) is 5.92 Å². The first-order valence-electron chi connectivity index (χ1n) is 7.21. The molecule has 1 atom stereocenters. The van der Waals surface area contributed by atoms with E-state index in [9.17, 15) is 0 Å². The number of fused-ring (bicyclic) bond motifs is 1. The van der Waals surface area contributed by atoms with Crippen molar-refractivity contribution in [2.45, 2.75) is 44.2 Å². The lowest BCUT2D eigenvalue weighted by Gasteiger charge is -2.24. The molecule has 0 amide bonds. The number of nitrogens with two attached hydrogens (primary N) is 1. The Bertz CT molecular complexity index is 609. The molecule has 19 heavy (non-hydrogen) atoms. The molecule has 2 fully saturated rings. The molecule has 100 valence electrons. The van der Waals surface area contributed by atoms with Gasteiger partial charge in [0, 0.05) is 17.7 Å². The van der Waals surface area contributed by atoms with Gasteiger partial charge in [-0.3, -0.25) is 0 Å². The Kier molecular flexibility index (Phi) is 2.52. The Morgan fingerprint density at radius 1 is 1.21 bits per heavy atom. The van der Waals surface area contributed by atoms with E-state index < -0.39 is 0 Å². The minimum absolute atomic E-state index is 0.104. The van der Waals surface area contributed by atoms with Crippen LogP contribution in [0, 0.1) is 0 Å². The largest absolute Gasteiger partial charge is 0.399 e. The maximum atomic E-state index is 6.01. The van der Waals surface area contributed by atoms with E-state index in [0.717, 1.165) is 30.5 Å². The fraction of sp³-hybridized carbons (Fsp3) is 0.533. The SMILES string of the molecule is Nc1cc(C2CC2)c2c(cnn2C2CCCCO2)c1. The second kappa shape index (κ2) is 4.23. The zero-order valence-electron chi connectivity index (χ0n) is 11.0. The minimum atomic E-state index is 0.104. The Hall–Kier alpha value is -1.55. The Balaban J connectivity index is 1.86. The number of hydrogen-bond donors (Lipinski definition) is 1. The van der Waals surface area contributed by atoms with E-state index in [1.54, 1.807) is 0 Å². The summed E-state index contributed by atoms with van der Waals surface area (Å²) in [6.45, 7) is 0.847. The third-order valence-corrected chi connectivity index (χ3v) is 4.19. The number of anilines is 1. The number of hydrogen-bond acceptors (Lipinski definition) is 3. The smallest absolute Gasteiger partial charge is 0.150 e. The van der Waals surface area contributed by atoms with Crippen molar-refractivity contribution in [2.24, 2.45) is 0 Å². The summed E-state index contributed by atoms with van der Waals surface area (Å²) in [5.41, 5.74) is 9.46. The molecule has 4 rings (SSSR count). The second-order valence-electron chi connectivity index (χ2n) is 5.73. The van der Waals surface area contributed by atoms with Gasteiger partial charge in [-0.05, 0) is 55.7 Å². The first kappa shape index (κ1) is 11.3. The molecule has 4 heteroatoms. The van der Waals surface area contributed by atoms with Crippen molar-refractivity contribution in [3.63, 3.8) is 0 Å². The summed E-state index contributed by atoms with van der Waals surface area (Å²) in [6, 6.07) is 4.15. The van der Waals surface area contributed by atoms with E-state index >= 15 is 0 Å². The average molecular weight is 257 g/mol. The fourth-order valence-corrected chi connectivity index (χ4v) is 3.09. The van der Waals surface area contributed by atoms with Crippen LogP contribution in [0.25, 0.3) is 10.9 Å². The van der Waals surface area contributed by atoms with Gasteiger partial charge < -0.3 is 10.5 Å². The summed E-state index contributed by atoms with van der Waals surface area (Å²) in [5.74, 6) is 0.671. The van der Waals surface area contributed by atoms with Gasteiger partial charge in [0.05, 0.1) is 11.7 Å². The lowest BCUT2D eigenvalue weighted by Crippen LogP contribution is -2.19. The van der Waals surface area contributed by atoms with Gasteiger partial charge in [0.25, 0.3) is 0 Å². The molecule has 1 saturated heterocycles. The fourth-order valence-electron chi connectivity index (χ4n) is 3.09. The molecular formula is C15H19N3O. The number of nitrogens with zero attached hydrogens (tertiary/aromatic N) is 2. The van der Waals surface area contributed by atoms with Crippen molar-refractivity contribution in [3.05, 3.63) is 23.9 Å². The second-order valence-corrected chi connectivity index (χ2v) is 5.73. The molecule has 1 aromatic heterocycles. The monoisotopic (exact) mass is 257 g/mol. The Morgan fingerprint density at radius 2 is 2.11 bits per heavy atom. The van der Waals surface area contributed by atoms with Gasteiger partial charge in [0.1, 0.15) is 0 Å². The summed E-state index contributed by atoms with van der Waals surface area (Å²) in [6.07, 6.45) is 8.02. The van der Waals surface area contributed by atoms with E-state index in [-0.39, 0.29) is 6.23 Å². The average Bonchev–Trinajstić information content (AvgIpc) is 3.19. The van der Waals surface area contributed by atoms with Crippen LogP contribution in [0.15, 0.2) is 18.3 Å². The molecule has 1 aliphatic carbocycles. The minimum Gasteiger partial charge on any atom is -0.399 e. The topological polar surface area (TPSA) is 53.1 Å². The summed E-state index contributed by atoms with van der Waals surface area (Å²) in [4.78, 5) is 0. The number of nitrogen functional groups attached to an aromatic ring is 1. The first-order chi connectivity index (χ1) is 9.33. The van der Waals surface area contributed by atoms with Crippen LogP contribution in [0.1, 0.15) is 49.8 Å². The van der Waals surface area contributed by atoms with Gasteiger partial charge in [-0.2, -0.15) is 5.10 Å². The molecule has 1 unspecified atom stereocenters. The van der Waals surface area contributed by atoms with Crippen LogP contribution in [0.3, 0.4) is 0 Å². The normalized spacial score (nSPS) is 23.9. The maximum absolute atomic E-state index is 6.01. The van der Waals surface area contributed by atoms with Crippen molar-refractivity contribution >= 4 is 16.6 Å². The highest BCUT2D eigenvalue weighted by molar-refractivity contribution is 5.86. The molecule has 2 heterocycles. The van der Waals surface area contributed by atoms with Crippen molar-refractivity contribution in [3.8, 4) is 0 Å². The van der Waals surface area contributed by atoms with Gasteiger partial charge in [0.15, 0.2) is 6.23 Å². The van der Waals surface area contributed by atoms with Crippen molar-refractivity contribution in [1.29, 1.82) is 0 Å². The number of aromatic nitrogens is 2. The number of benzene rings is 1. The van der Waals surface area contributed by atoms with Crippen LogP contribution in [-0.2, 0) is 4.74 Å². The van der Waals surface area contributed by atoms with Gasteiger partial charge >= 0.3 is 0 Å². The highest BCUT2D eigenvalue weighted by Gasteiger charge is 2.29. The third kappa shape index (κ3) is 1.91. The van der Waals surface area contributed by atoms with Crippen LogP contribution in [0.5, 0.6) is 0 Å². The van der Waals surface area contributed by atoms with E-state index in [1.165, 1.54) is 30.3 Å². The molecule has 4 nitrogen and oxygen atoms in total. The maximum Gasteiger partial charge on any atom is 0.150 e. The van der Waals surface area contributed by atoms with Crippen LogP contribution in [-0.4, -0.2) is 16.4 Å². The summed E-state index contributed by atoms with van der Waals surface area (Å²) < 4.78 is 7.97. The van der Waals surface area contributed by atoms with Crippen LogP contribution >= 0.6 is 0 Å². The molecule has 1 aliphatic heterocycles. The molecule has 2 aromatic rings. The third-order valence-electron chi connectivity index (χ3n) is 4.19. The van der Waals surface area contributed by atoms with Gasteiger partial charge in [-0.1, -0.05) is 0 Å².